The van der Waals surface area contributed by atoms with Gasteiger partial charge in [-0.2, -0.15) is 0 Å². The third-order valence-electron chi connectivity index (χ3n) is 3.87. The average Bonchev–Trinajstić information content (AvgIpc) is 2.57. The summed E-state index contributed by atoms with van der Waals surface area (Å²) in [4.78, 5) is 2.43. The first-order valence-electron chi connectivity index (χ1n) is 8.33. The van der Waals surface area contributed by atoms with Crippen molar-refractivity contribution >= 4 is 11.6 Å². The maximum atomic E-state index is 6.22. The molecule has 0 aromatic heterocycles. The Kier molecular flexibility index (Phi) is 8.47. The maximum Gasteiger partial charge on any atom is 0.141 e. The monoisotopic (exact) mass is 338 g/mol. The van der Waals surface area contributed by atoms with Crippen molar-refractivity contribution in [3.8, 4) is 5.75 Å². The summed E-state index contributed by atoms with van der Waals surface area (Å²) >= 11 is 6.22. The molecule has 4 nitrogen and oxygen atoms in total. The summed E-state index contributed by atoms with van der Waals surface area (Å²) in [6.45, 7) is 11.3. The van der Waals surface area contributed by atoms with Gasteiger partial charge in [0.05, 0.1) is 24.8 Å². The summed E-state index contributed by atoms with van der Waals surface area (Å²) in [5.41, 5.74) is 1.09. The minimum absolute atomic E-state index is 0.665. The zero-order valence-electron chi connectivity index (χ0n) is 13.7. The fourth-order valence-corrected chi connectivity index (χ4v) is 2.84. The van der Waals surface area contributed by atoms with Crippen LogP contribution in [-0.2, 0) is 11.2 Å². The molecule has 1 aromatic rings. The molecule has 0 radical (unpaired) electrons. The van der Waals surface area contributed by atoms with Gasteiger partial charge in [0.2, 0.25) is 0 Å². The Morgan fingerprint density at radius 2 is 2.13 bits per heavy atom. The smallest absolute Gasteiger partial charge is 0.141 e. The molecule has 1 heterocycles. The van der Waals surface area contributed by atoms with Gasteiger partial charge >= 0.3 is 0 Å². The molecule has 1 N–H and O–H groups in total. The summed E-state index contributed by atoms with van der Waals surface area (Å²) in [5.74, 6) is 0.794. The first-order valence-corrected chi connectivity index (χ1v) is 8.71. The highest BCUT2D eigenvalue weighted by Crippen LogP contribution is 2.29. The summed E-state index contributed by atoms with van der Waals surface area (Å²) < 4.78 is 11.2. The molecule has 1 aliphatic heterocycles. The molecule has 23 heavy (non-hydrogen) atoms. The largest absolute Gasteiger partial charge is 0.492 e. The van der Waals surface area contributed by atoms with Crippen molar-refractivity contribution in [2.24, 2.45) is 0 Å². The molecule has 1 saturated heterocycles. The molecule has 128 valence electrons. The van der Waals surface area contributed by atoms with Crippen molar-refractivity contribution in [3.05, 3.63) is 41.4 Å². The number of benzene rings is 1. The van der Waals surface area contributed by atoms with E-state index in [-0.39, 0.29) is 0 Å². The molecule has 0 bridgehead atoms. The second-order valence-electron chi connectivity index (χ2n) is 5.63. The number of hydrogen-bond acceptors (Lipinski definition) is 4. The highest BCUT2D eigenvalue weighted by Gasteiger charge is 2.09. The molecule has 0 amide bonds. The van der Waals surface area contributed by atoms with Crippen LogP contribution in [0.1, 0.15) is 12.0 Å². The van der Waals surface area contributed by atoms with Crippen LogP contribution in [-0.4, -0.2) is 57.4 Å². The summed E-state index contributed by atoms with van der Waals surface area (Å²) in [6.07, 6.45) is 3.60. The molecule has 1 aromatic carbocycles. The Bertz CT molecular complexity index is 476. The van der Waals surface area contributed by atoms with Gasteiger partial charge < -0.3 is 14.8 Å². The molecule has 0 spiro atoms. The molecular formula is C18H27ClN2O2. The van der Waals surface area contributed by atoms with E-state index in [9.17, 15) is 0 Å². The Labute approximate surface area is 144 Å². The highest BCUT2D eigenvalue weighted by atomic mass is 35.5. The minimum Gasteiger partial charge on any atom is -0.492 e. The first-order chi connectivity index (χ1) is 11.3. The zero-order valence-corrected chi connectivity index (χ0v) is 14.5. The van der Waals surface area contributed by atoms with Gasteiger partial charge in [0, 0.05) is 26.2 Å². The molecule has 5 heteroatoms. The Morgan fingerprint density at radius 3 is 2.91 bits per heavy atom. The lowest BCUT2D eigenvalue weighted by Crippen LogP contribution is -2.40. The number of ether oxygens (including phenoxy) is 2. The second-order valence-corrected chi connectivity index (χ2v) is 6.03. The zero-order chi connectivity index (χ0) is 16.3. The number of allylic oxidation sites excluding steroid dienone is 1. The van der Waals surface area contributed by atoms with Crippen LogP contribution >= 0.6 is 11.6 Å². The van der Waals surface area contributed by atoms with E-state index in [4.69, 9.17) is 21.1 Å². The Hall–Kier alpha value is -1.07. The van der Waals surface area contributed by atoms with Crippen molar-refractivity contribution in [2.45, 2.75) is 12.8 Å². The van der Waals surface area contributed by atoms with Crippen molar-refractivity contribution in [3.63, 3.8) is 0 Å². The number of halogens is 1. The van der Waals surface area contributed by atoms with Crippen LogP contribution in [0.25, 0.3) is 0 Å². The molecular weight excluding hydrogens is 312 g/mol. The number of nitrogens with zero attached hydrogens (tertiary/aromatic N) is 1. The quantitative estimate of drug-likeness (QED) is 0.525. The molecule has 0 aliphatic carbocycles. The van der Waals surface area contributed by atoms with E-state index in [1.165, 1.54) is 0 Å². The third-order valence-corrected chi connectivity index (χ3v) is 4.16. The van der Waals surface area contributed by atoms with Gasteiger partial charge in [-0.1, -0.05) is 29.8 Å². The van der Waals surface area contributed by atoms with Crippen LogP contribution in [0.15, 0.2) is 30.9 Å². The second kappa shape index (κ2) is 10.7. The molecule has 1 fully saturated rings. The first kappa shape index (κ1) is 18.3. The van der Waals surface area contributed by atoms with E-state index in [0.29, 0.717) is 11.6 Å². The van der Waals surface area contributed by atoms with Crippen LogP contribution in [0.2, 0.25) is 5.02 Å². The van der Waals surface area contributed by atoms with Gasteiger partial charge in [-0.25, -0.2) is 0 Å². The summed E-state index contributed by atoms with van der Waals surface area (Å²) in [6, 6.07) is 5.84. The Morgan fingerprint density at radius 1 is 1.30 bits per heavy atom. The number of nitrogens with one attached hydrogen (secondary N) is 1. The molecule has 0 saturated carbocycles. The van der Waals surface area contributed by atoms with Crippen LogP contribution < -0.4 is 10.1 Å². The van der Waals surface area contributed by atoms with Crippen molar-refractivity contribution in [1.82, 2.24) is 10.2 Å². The lowest BCUT2D eigenvalue weighted by atomic mass is 10.1. The summed E-state index contributed by atoms with van der Waals surface area (Å²) in [5, 5.41) is 4.13. The van der Waals surface area contributed by atoms with Crippen LogP contribution in [0.4, 0.5) is 0 Å². The molecule has 0 unspecified atom stereocenters. The Balaban J connectivity index is 1.59. The van der Waals surface area contributed by atoms with E-state index in [1.807, 2.05) is 24.3 Å². The van der Waals surface area contributed by atoms with Crippen molar-refractivity contribution in [1.29, 1.82) is 0 Å². The van der Waals surface area contributed by atoms with Gasteiger partial charge in [-0.15, -0.1) is 6.58 Å². The van der Waals surface area contributed by atoms with Gasteiger partial charge in [-0.3, -0.25) is 4.90 Å². The maximum absolute atomic E-state index is 6.22. The number of rotatable bonds is 10. The van der Waals surface area contributed by atoms with Crippen LogP contribution in [0, 0.1) is 0 Å². The molecule has 1 aliphatic rings. The average molecular weight is 339 g/mol. The van der Waals surface area contributed by atoms with E-state index in [0.717, 1.165) is 70.1 Å². The SMILES string of the molecule is C=CCc1cccc(Cl)c1OCCCNCCN1CCOCC1. The third kappa shape index (κ3) is 6.51. The van der Waals surface area contributed by atoms with E-state index < -0.39 is 0 Å². The van der Waals surface area contributed by atoms with Crippen LogP contribution in [0.3, 0.4) is 0 Å². The fraction of sp³-hybridized carbons (Fsp3) is 0.556. The lowest BCUT2D eigenvalue weighted by Gasteiger charge is -2.26. The minimum atomic E-state index is 0.665. The standard InChI is InChI=1S/C18H27ClN2O2/c1-2-5-16-6-3-7-17(19)18(16)23-13-4-8-20-9-10-21-11-14-22-15-12-21/h2-3,6-7,20H,1,4-5,8-15H2. The topological polar surface area (TPSA) is 33.7 Å². The van der Waals surface area contributed by atoms with Gasteiger partial charge in [-0.05, 0) is 31.0 Å². The van der Waals surface area contributed by atoms with Crippen molar-refractivity contribution in [2.75, 3.05) is 52.5 Å². The molecule has 2 rings (SSSR count). The number of para-hydroxylation sites is 1. The predicted octanol–water partition coefficient (Wildman–Crippen LogP) is 2.76. The van der Waals surface area contributed by atoms with E-state index in [1.54, 1.807) is 0 Å². The number of hydrogen-bond donors (Lipinski definition) is 1. The fourth-order valence-electron chi connectivity index (χ4n) is 2.59. The molecule has 0 atom stereocenters. The summed E-state index contributed by atoms with van der Waals surface area (Å²) in [7, 11) is 0. The van der Waals surface area contributed by atoms with Gasteiger partial charge in [0.15, 0.2) is 0 Å². The van der Waals surface area contributed by atoms with E-state index in [2.05, 4.69) is 16.8 Å². The number of morpholine rings is 1. The normalized spacial score (nSPS) is 15.5. The predicted molar refractivity (Wildman–Crippen MR) is 95.6 cm³/mol. The highest BCUT2D eigenvalue weighted by molar-refractivity contribution is 6.32. The van der Waals surface area contributed by atoms with E-state index >= 15 is 0 Å². The lowest BCUT2D eigenvalue weighted by molar-refractivity contribution is 0.0384. The van der Waals surface area contributed by atoms with Crippen molar-refractivity contribution < 1.29 is 9.47 Å². The van der Waals surface area contributed by atoms with Gasteiger partial charge in [0.1, 0.15) is 5.75 Å². The van der Waals surface area contributed by atoms with Crippen LogP contribution in [0.5, 0.6) is 5.75 Å². The van der Waals surface area contributed by atoms with Gasteiger partial charge in [0.25, 0.3) is 0 Å².